The number of rotatable bonds is 2. The Bertz CT molecular complexity index is 917. The van der Waals surface area contributed by atoms with Crippen molar-refractivity contribution in [2.24, 2.45) is 16.5 Å². The van der Waals surface area contributed by atoms with Gasteiger partial charge in [-0.2, -0.15) is 0 Å². The summed E-state index contributed by atoms with van der Waals surface area (Å²) in [5, 5.41) is 0.0215. The number of halogens is 2. The Labute approximate surface area is 158 Å². The highest BCUT2D eigenvalue weighted by molar-refractivity contribution is 8.04. The second-order valence-corrected chi connectivity index (χ2v) is 7.27. The lowest BCUT2D eigenvalue weighted by atomic mass is 10.2. The van der Waals surface area contributed by atoms with Gasteiger partial charge in [0.1, 0.15) is 29.1 Å². The van der Waals surface area contributed by atoms with Crippen LogP contribution in [0.3, 0.4) is 0 Å². The van der Waals surface area contributed by atoms with Crippen LogP contribution >= 0.6 is 23.4 Å². The largest absolute Gasteiger partial charge is 0.384 e. The molecule has 10 heteroatoms. The monoisotopic (exact) mass is 391 g/mol. The maximum absolute atomic E-state index is 13.4. The van der Waals surface area contributed by atoms with E-state index in [4.69, 9.17) is 28.8 Å². The first kappa shape index (κ1) is 17.1. The summed E-state index contributed by atoms with van der Waals surface area (Å²) < 4.78 is 13.4. The zero-order valence-electron chi connectivity index (χ0n) is 13.4. The minimum absolute atomic E-state index is 0.0215. The Kier molecular flexibility index (Phi) is 4.23. The molecule has 0 bridgehead atoms. The summed E-state index contributed by atoms with van der Waals surface area (Å²) in [6.07, 6.45) is 2.70. The molecule has 0 radical (unpaired) electrons. The Morgan fingerprint density at radius 2 is 1.92 bits per heavy atom. The van der Waals surface area contributed by atoms with E-state index in [0.29, 0.717) is 17.3 Å². The molecule has 0 spiro atoms. The van der Waals surface area contributed by atoms with Crippen molar-refractivity contribution >= 4 is 46.9 Å². The number of hydrogen-bond acceptors (Lipinski definition) is 8. The molecule has 134 valence electrons. The molecule has 3 heterocycles. The van der Waals surface area contributed by atoms with Crippen molar-refractivity contribution in [2.75, 3.05) is 15.5 Å². The number of hydrogen-bond donors (Lipinski definition) is 3. The first-order chi connectivity index (χ1) is 12.5. The van der Waals surface area contributed by atoms with Crippen molar-refractivity contribution in [1.82, 2.24) is 4.98 Å². The average Bonchev–Trinajstić information content (AvgIpc) is 2.96. The fourth-order valence-corrected chi connectivity index (χ4v) is 4.07. The van der Waals surface area contributed by atoms with E-state index in [1.54, 1.807) is 29.6 Å². The highest BCUT2D eigenvalue weighted by Crippen LogP contribution is 2.43. The van der Waals surface area contributed by atoms with Crippen LogP contribution in [0.4, 0.5) is 21.6 Å². The molecule has 7 nitrogen and oxygen atoms in total. The fourth-order valence-electron chi connectivity index (χ4n) is 2.80. The highest BCUT2D eigenvalue weighted by Gasteiger charge is 2.38. The van der Waals surface area contributed by atoms with E-state index in [9.17, 15) is 4.39 Å². The van der Waals surface area contributed by atoms with Crippen molar-refractivity contribution in [2.45, 2.75) is 11.7 Å². The van der Waals surface area contributed by atoms with Crippen LogP contribution in [0, 0.1) is 5.82 Å². The molecule has 2 unspecified atom stereocenters. The van der Waals surface area contributed by atoms with E-state index >= 15 is 0 Å². The summed E-state index contributed by atoms with van der Waals surface area (Å²) in [4.78, 5) is 13.0. The van der Waals surface area contributed by atoms with Crippen molar-refractivity contribution in [3.05, 3.63) is 58.1 Å². The van der Waals surface area contributed by atoms with Gasteiger partial charge in [-0.1, -0.05) is 23.4 Å². The molecule has 0 fully saturated rings. The third-order valence-electron chi connectivity index (χ3n) is 4.07. The molecular weight excluding hydrogens is 377 g/mol. The Morgan fingerprint density at radius 3 is 2.62 bits per heavy atom. The van der Waals surface area contributed by atoms with Gasteiger partial charge in [-0.15, -0.1) is 0 Å². The molecule has 1 aromatic carbocycles. The second-order valence-electron chi connectivity index (χ2n) is 5.70. The van der Waals surface area contributed by atoms with Gasteiger partial charge in [-0.25, -0.2) is 14.4 Å². The Hall–Kier alpha value is -2.33. The maximum atomic E-state index is 13.4. The predicted molar refractivity (Wildman–Crippen MR) is 104 cm³/mol. The van der Waals surface area contributed by atoms with Crippen LogP contribution in [-0.4, -0.2) is 23.0 Å². The van der Waals surface area contributed by atoms with E-state index in [-0.39, 0.29) is 5.02 Å². The van der Waals surface area contributed by atoms with Crippen molar-refractivity contribution in [3.8, 4) is 0 Å². The number of nitrogens with two attached hydrogens (primary N) is 3. The minimum Gasteiger partial charge on any atom is -0.384 e. The smallest absolute Gasteiger partial charge is 0.150 e. The van der Waals surface area contributed by atoms with E-state index in [0.717, 1.165) is 10.6 Å². The molecule has 2 aliphatic heterocycles. The lowest BCUT2D eigenvalue weighted by Gasteiger charge is -2.31. The zero-order valence-corrected chi connectivity index (χ0v) is 15.0. The molecule has 0 saturated carbocycles. The number of anilines is 3. The normalized spacial score (nSPS) is 22.2. The first-order valence-electron chi connectivity index (χ1n) is 7.66. The lowest BCUT2D eigenvalue weighted by molar-refractivity contribution is 0.628. The van der Waals surface area contributed by atoms with Gasteiger partial charge in [0.2, 0.25) is 0 Å². The average molecular weight is 392 g/mol. The summed E-state index contributed by atoms with van der Waals surface area (Å²) in [5.74, 6) is 0.592. The van der Waals surface area contributed by atoms with Crippen molar-refractivity contribution in [3.63, 3.8) is 0 Å². The molecular formula is C16H15ClFN7S. The van der Waals surface area contributed by atoms with Crippen LogP contribution in [0.5, 0.6) is 0 Å². The van der Waals surface area contributed by atoms with Crippen LogP contribution in [0.15, 0.2) is 52.2 Å². The van der Waals surface area contributed by atoms with Gasteiger partial charge < -0.3 is 22.1 Å². The number of benzene rings is 1. The topological polar surface area (TPSA) is 110 Å². The number of nitrogen functional groups attached to an aromatic ring is 1. The standard InChI is InChI=1S/C16H15ClFN7S/c17-10-5-8(1-3-11(10)18)24-7-23-15-13(14(24)20)26-16(21)25(15)9-2-4-12(19)22-6-9/h1-7,14,16H,20-21H2,(H2,19,22). The molecule has 26 heavy (non-hydrogen) atoms. The fraction of sp³-hybridized carbons (Fsp3) is 0.125. The number of pyridine rings is 1. The molecule has 0 amide bonds. The lowest BCUT2D eigenvalue weighted by Crippen LogP contribution is -2.44. The Balaban J connectivity index is 1.68. The Morgan fingerprint density at radius 1 is 1.15 bits per heavy atom. The summed E-state index contributed by atoms with van der Waals surface area (Å²) in [6.45, 7) is 0. The quantitative estimate of drug-likeness (QED) is 0.720. The SMILES string of the molecule is Nc1ccc(N2C3=C(SC2N)C(N)N(c2ccc(F)c(Cl)c2)C=N3)cn1. The van der Waals surface area contributed by atoms with Crippen LogP contribution in [0.25, 0.3) is 0 Å². The molecule has 4 rings (SSSR count). The van der Waals surface area contributed by atoms with Gasteiger partial charge in [-0.05, 0) is 30.3 Å². The number of aromatic nitrogens is 1. The van der Waals surface area contributed by atoms with Gasteiger partial charge in [0.25, 0.3) is 0 Å². The molecule has 0 saturated heterocycles. The molecule has 2 atom stereocenters. The predicted octanol–water partition coefficient (Wildman–Crippen LogP) is 2.25. The molecule has 1 aromatic heterocycles. The summed E-state index contributed by atoms with van der Waals surface area (Å²) in [6, 6.07) is 7.92. The van der Waals surface area contributed by atoms with Crippen molar-refractivity contribution < 1.29 is 4.39 Å². The molecule has 2 aliphatic rings. The van der Waals surface area contributed by atoms with E-state index in [1.165, 1.54) is 23.9 Å². The number of aliphatic imine (C=N–C) groups is 1. The summed E-state index contributed by atoms with van der Waals surface area (Å²) in [5.41, 5.74) is 19.3. The zero-order chi connectivity index (χ0) is 18.4. The number of thioether (sulfide) groups is 1. The van der Waals surface area contributed by atoms with E-state index in [1.807, 2.05) is 11.0 Å². The van der Waals surface area contributed by atoms with Gasteiger partial charge in [-0.3, -0.25) is 4.90 Å². The van der Waals surface area contributed by atoms with Gasteiger partial charge in [0.05, 0.1) is 28.2 Å². The van der Waals surface area contributed by atoms with Crippen LogP contribution in [0.1, 0.15) is 0 Å². The third kappa shape index (κ3) is 2.78. The van der Waals surface area contributed by atoms with E-state index < -0.39 is 17.5 Å². The van der Waals surface area contributed by atoms with E-state index in [2.05, 4.69) is 9.98 Å². The summed E-state index contributed by atoms with van der Waals surface area (Å²) >= 11 is 7.29. The third-order valence-corrected chi connectivity index (χ3v) is 5.49. The van der Waals surface area contributed by atoms with Gasteiger partial charge in [0.15, 0.2) is 0 Å². The molecule has 2 aromatic rings. The van der Waals surface area contributed by atoms with Crippen LogP contribution < -0.4 is 27.0 Å². The minimum atomic E-state index is -0.521. The highest BCUT2D eigenvalue weighted by atomic mass is 35.5. The summed E-state index contributed by atoms with van der Waals surface area (Å²) in [7, 11) is 0. The molecule has 6 N–H and O–H groups in total. The molecule has 0 aliphatic carbocycles. The van der Waals surface area contributed by atoms with Gasteiger partial charge in [0, 0.05) is 5.69 Å². The van der Waals surface area contributed by atoms with Crippen molar-refractivity contribution in [1.29, 1.82) is 0 Å². The second kappa shape index (κ2) is 6.44. The maximum Gasteiger partial charge on any atom is 0.150 e. The first-order valence-corrected chi connectivity index (χ1v) is 8.92. The van der Waals surface area contributed by atoms with Gasteiger partial charge >= 0.3 is 0 Å². The van der Waals surface area contributed by atoms with Crippen LogP contribution in [0.2, 0.25) is 5.02 Å². The number of nitrogens with zero attached hydrogens (tertiary/aromatic N) is 4. The van der Waals surface area contributed by atoms with Crippen LogP contribution in [-0.2, 0) is 0 Å².